The Bertz CT molecular complexity index is 337. The molecule has 0 aromatic heterocycles. The molecule has 76 valence electrons. The van der Waals surface area contributed by atoms with Crippen LogP contribution in [0.1, 0.15) is 38.3 Å². The molecule has 0 nitrogen and oxygen atoms in total. The zero-order valence-corrected chi connectivity index (χ0v) is 9.86. The first-order chi connectivity index (χ1) is 6.70. The van der Waals surface area contributed by atoms with Crippen molar-refractivity contribution in [2.75, 3.05) is 0 Å². The van der Waals surface area contributed by atoms with Crippen molar-refractivity contribution in [3.8, 4) is 0 Å². The summed E-state index contributed by atoms with van der Waals surface area (Å²) in [5, 5.41) is 0.867. The number of aryl methyl sites for hydroxylation is 1. The maximum atomic E-state index is 6.20. The van der Waals surface area contributed by atoms with Gasteiger partial charge in [0.25, 0.3) is 0 Å². The Kier molecular flexibility index (Phi) is 4.21. The normalized spacial score (nSPS) is 11.9. The van der Waals surface area contributed by atoms with E-state index < -0.39 is 0 Å². The second-order valence-corrected chi connectivity index (χ2v) is 3.83. The monoisotopic (exact) mass is 208 g/mol. The molecule has 0 heterocycles. The van der Waals surface area contributed by atoms with E-state index in [9.17, 15) is 0 Å². The van der Waals surface area contributed by atoms with E-state index in [1.54, 1.807) is 0 Å². The molecule has 0 fully saturated rings. The van der Waals surface area contributed by atoms with Gasteiger partial charge in [-0.25, -0.2) is 0 Å². The minimum Gasteiger partial charge on any atom is -0.0837 e. The van der Waals surface area contributed by atoms with Crippen molar-refractivity contribution in [1.29, 1.82) is 0 Å². The van der Waals surface area contributed by atoms with Crippen molar-refractivity contribution in [1.82, 2.24) is 0 Å². The highest BCUT2D eigenvalue weighted by atomic mass is 35.5. The molecule has 1 aromatic carbocycles. The van der Waals surface area contributed by atoms with Crippen LogP contribution in [-0.4, -0.2) is 0 Å². The molecular weight excluding hydrogens is 192 g/mol. The van der Waals surface area contributed by atoms with E-state index in [-0.39, 0.29) is 0 Å². The van der Waals surface area contributed by atoms with Gasteiger partial charge in [-0.1, -0.05) is 43.7 Å². The number of allylic oxidation sites excluding steroid dienone is 2. The maximum Gasteiger partial charge on any atom is 0.0483 e. The Labute approximate surface area is 91.6 Å². The summed E-state index contributed by atoms with van der Waals surface area (Å²) in [5.41, 5.74) is 3.84. The Balaban J connectivity index is 3.23. The molecule has 0 radical (unpaired) electrons. The summed E-state index contributed by atoms with van der Waals surface area (Å²) in [7, 11) is 0. The number of rotatable bonds is 3. The fourth-order valence-electron chi connectivity index (χ4n) is 1.71. The molecule has 1 aromatic rings. The molecule has 0 aliphatic carbocycles. The SMILES string of the molecule is CC/C=C(/C)c1c(Cl)cccc1CC. The van der Waals surface area contributed by atoms with Gasteiger partial charge in [0.05, 0.1) is 0 Å². The summed E-state index contributed by atoms with van der Waals surface area (Å²) in [6.45, 7) is 6.43. The molecule has 0 N–H and O–H groups in total. The Morgan fingerprint density at radius 1 is 1.36 bits per heavy atom. The van der Waals surface area contributed by atoms with E-state index in [4.69, 9.17) is 11.6 Å². The highest BCUT2D eigenvalue weighted by molar-refractivity contribution is 6.32. The van der Waals surface area contributed by atoms with Crippen LogP contribution in [0.25, 0.3) is 5.57 Å². The molecule has 0 saturated carbocycles. The maximum absolute atomic E-state index is 6.20. The predicted octanol–water partition coefficient (Wildman–Crippen LogP) is 4.72. The molecule has 0 saturated heterocycles. The molecule has 0 unspecified atom stereocenters. The van der Waals surface area contributed by atoms with Gasteiger partial charge in [0.1, 0.15) is 0 Å². The number of hydrogen-bond acceptors (Lipinski definition) is 0. The zero-order chi connectivity index (χ0) is 10.6. The predicted molar refractivity (Wildman–Crippen MR) is 64.8 cm³/mol. The van der Waals surface area contributed by atoms with Crippen LogP contribution in [0.2, 0.25) is 5.02 Å². The van der Waals surface area contributed by atoms with Gasteiger partial charge in [-0.15, -0.1) is 0 Å². The number of halogens is 1. The van der Waals surface area contributed by atoms with Crippen molar-refractivity contribution in [3.05, 3.63) is 40.4 Å². The van der Waals surface area contributed by atoms with Crippen molar-refractivity contribution >= 4 is 17.2 Å². The van der Waals surface area contributed by atoms with Gasteiger partial charge in [0.15, 0.2) is 0 Å². The zero-order valence-electron chi connectivity index (χ0n) is 9.10. The van der Waals surface area contributed by atoms with Gasteiger partial charge in [-0.05, 0) is 42.5 Å². The van der Waals surface area contributed by atoms with Crippen molar-refractivity contribution in [3.63, 3.8) is 0 Å². The van der Waals surface area contributed by atoms with Gasteiger partial charge in [0.2, 0.25) is 0 Å². The average molecular weight is 209 g/mol. The summed E-state index contributed by atoms with van der Waals surface area (Å²) in [6, 6.07) is 6.13. The van der Waals surface area contributed by atoms with E-state index in [2.05, 4.69) is 32.9 Å². The highest BCUT2D eigenvalue weighted by Crippen LogP contribution is 2.27. The number of benzene rings is 1. The quantitative estimate of drug-likeness (QED) is 0.675. The molecule has 14 heavy (non-hydrogen) atoms. The van der Waals surface area contributed by atoms with Crippen LogP contribution >= 0.6 is 11.6 Å². The largest absolute Gasteiger partial charge is 0.0837 e. The summed E-state index contributed by atoms with van der Waals surface area (Å²) >= 11 is 6.20. The van der Waals surface area contributed by atoms with E-state index in [1.807, 2.05) is 12.1 Å². The lowest BCUT2D eigenvalue weighted by atomic mass is 9.98. The van der Waals surface area contributed by atoms with Crippen molar-refractivity contribution in [2.45, 2.75) is 33.6 Å². The minimum atomic E-state index is 0.867. The summed E-state index contributed by atoms with van der Waals surface area (Å²) in [6.07, 6.45) is 4.31. The Morgan fingerprint density at radius 2 is 2.07 bits per heavy atom. The van der Waals surface area contributed by atoms with Crippen LogP contribution in [0, 0.1) is 0 Å². The topological polar surface area (TPSA) is 0 Å². The van der Waals surface area contributed by atoms with Gasteiger partial charge < -0.3 is 0 Å². The second kappa shape index (κ2) is 5.21. The lowest BCUT2D eigenvalue weighted by Crippen LogP contribution is -1.91. The first-order valence-electron chi connectivity index (χ1n) is 5.15. The third kappa shape index (κ3) is 2.39. The highest BCUT2D eigenvalue weighted by Gasteiger charge is 2.06. The summed E-state index contributed by atoms with van der Waals surface area (Å²) in [4.78, 5) is 0. The van der Waals surface area contributed by atoms with Gasteiger partial charge in [0, 0.05) is 5.02 Å². The van der Waals surface area contributed by atoms with Crippen molar-refractivity contribution in [2.24, 2.45) is 0 Å². The first kappa shape index (κ1) is 11.3. The van der Waals surface area contributed by atoms with E-state index in [1.165, 1.54) is 16.7 Å². The third-order valence-electron chi connectivity index (χ3n) is 2.39. The molecule has 0 aliphatic rings. The van der Waals surface area contributed by atoms with E-state index in [0.717, 1.165) is 17.9 Å². The van der Waals surface area contributed by atoms with Crippen LogP contribution < -0.4 is 0 Å². The fourth-order valence-corrected chi connectivity index (χ4v) is 2.06. The van der Waals surface area contributed by atoms with Crippen LogP contribution in [-0.2, 0) is 6.42 Å². The smallest absolute Gasteiger partial charge is 0.0483 e. The second-order valence-electron chi connectivity index (χ2n) is 3.42. The van der Waals surface area contributed by atoms with Gasteiger partial charge >= 0.3 is 0 Å². The molecule has 0 amide bonds. The molecular formula is C13H17Cl. The molecule has 0 aliphatic heterocycles. The Morgan fingerprint density at radius 3 is 2.64 bits per heavy atom. The molecule has 0 atom stereocenters. The van der Waals surface area contributed by atoms with Gasteiger partial charge in [-0.3, -0.25) is 0 Å². The van der Waals surface area contributed by atoms with Crippen LogP contribution in [0.4, 0.5) is 0 Å². The van der Waals surface area contributed by atoms with Crippen molar-refractivity contribution < 1.29 is 0 Å². The molecule has 1 rings (SSSR count). The van der Waals surface area contributed by atoms with Crippen LogP contribution in [0.5, 0.6) is 0 Å². The van der Waals surface area contributed by atoms with Crippen LogP contribution in [0.15, 0.2) is 24.3 Å². The molecule has 0 spiro atoms. The molecule has 0 bridgehead atoms. The standard InChI is InChI=1S/C13H17Cl/c1-4-7-10(3)13-11(5-2)8-6-9-12(13)14/h6-9H,4-5H2,1-3H3/b10-7-. The van der Waals surface area contributed by atoms with Crippen LogP contribution in [0.3, 0.4) is 0 Å². The average Bonchev–Trinajstić information content (AvgIpc) is 2.17. The van der Waals surface area contributed by atoms with Gasteiger partial charge in [-0.2, -0.15) is 0 Å². The third-order valence-corrected chi connectivity index (χ3v) is 2.70. The summed E-state index contributed by atoms with van der Waals surface area (Å²) < 4.78 is 0. The van der Waals surface area contributed by atoms with E-state index >= 15 is 0 Å². The summed E-state index contributed by atoms with van der Waals surface area (Å²) in [5.74, 6) is 0. The minimum absolute atomic E-state index is 0.867. The lowest BCUT2D eigenvalue weighted by molar-refractivity contribution is 1.12. The van der Waals surface area contributed by atoms with E-state index in [0.29, 0.717) is 0 Å². The Hall–Kier alpha value is -0.750. The number of hydrogen-bond donors (Lipinski definition) is 0. The molecule has 1 heteroatoms. The first-order valence-corrected chi connectivity index (χ1v) is 5.53. The lowest BCUT2D eigenvalue weighted by Gasteiger charge is -2.10. The fraction of sp³-hybridized carbons (Fsp3) is 0.385.